The second kappa shape index (κ2) is 5.23. The number of hydrogen-bond donors (Lipinski definition) is 1. The average Bonchev–Trinajstić information content (AvgIpc) is 3.22. The lowest BCUT2D eigenvalue weighted by Gasteiger charge is -2.26. The lowest BCUT2D eigenvalue weighted by Crippen LogP contribution is -2.24. The van der Waals surface area contributed by atoms with Gasteiger partial charge in [0.2, 0.25) is 0 Å². The number of benzene rings is 1. The molecular formula is C18H21N3. The zero-order valence-electron chi connectivity index (χ0n) is 12.3. The second-order valence-corrected chi connectivity index (χ2v) is 6.45. The third-order valence-corrected chi connectivity index (χ3v) is 5.19. The molecule has 2 aliphatic carbocycles. The Morgan fingerprint density at radius 3 is 2.95 bits per heavy atom. The van der Waals surface area contributed by atoms with Gasteiger partial charge in [-0.1, -0.05) is 24.3 Å². The van der Waals surface area contributed by atoms with Crippen molar-refractivity contribution < 1.29 is 0 Å². The van der Waals surface area contributed by atoms with Crippen molar-refractivity contribution in [2.45, 2.75) is 37.6 Å². The van der Waals surface area contributed by atoms with Crippen molar-refractivity contribution in [1.29, 1.82) is 0 Å². The Balaban J connectivity index is 1.40. The molecule has 0 bridgehead atoms. The van der Waals surface area contributed by atoms with Crippen molar-refractivity contribution in [3.05, 3.63) is 59.7 Å². The predicted molar refractivity (Wildman–Crippen MR) is 82.9 cm³/mol. The van der Waals surface area contributed by atoms with E-state index in [4.69, 9.17) is 0 Å². The van der Waals surface area contributed by atoms with Crippen LogP contribution >= 0.6 is 0 Å². The first-order valence-electron chi connectivity index (χ1n) is 7.91. The van der Waals surface area contributed by atoms with Crippen LogP contribution in [0.3, 0.4) is 0 Å². The van der Waals surface area contributed by atoms with Crippen LogP contribution in [0.4, 0.5) is 0 Å². The van der Waals surface area contributed by atoms with Crippen molar-refractivity contribution in [3.63, 3.8) is 0 Å². The van der Waals surface area contributed by atoms with Crippen molar-refractivity contribution in [3.8, 4) is 0 Å². The molecule has 1 saturated carbocycles. The Morgan fingerprint density at radius 2 is 2.05 bits per heavy atom. The Kier molecular flexibility index (Phi) is 3.23. The van der Waals surface area contributed by atoms with Gasteiger partial charge < -0.3 is 5.32 Å². The van der Waals surface area contributed by atoms with Crippen LogP contribution in [0.1, 0.15) is 36.0 Å². The van der Waals surface area contributed by atoms with Crippen LogP contribution in [0.2, 0.25) is 0 Å². The molecule has 0 aliphatic heterocycles. The minimum absolute atomic E-state index is 0.481. The second-order valence-electron chi connectivity index (χ2n) is 6.45. The Labute approximate surface area is 125 Å². The number of nitrogens with one attached hydrogen (secondary N) is 1. The van der Waals surface area contributed by atoms with Crippen molar-refractivity contribution >= 4 is 0 Å². The fourth-order valence-electron chi connectivity index (χ4n) is 4.05. The molecular weight excluding hydrogens is 258 g/mol. The van der Waals surface area contributed by atoms with E-state index in [1.165, 1.54) is 25.7 Å². The Morgan fingerprint density at radius 1 is 1.19 bits per heavy atom. The maximum absolute atomic E-state index is 4.06. The van der Waals surface area contributed by atoms with E-state index in [0.29, 0.717) is 5.41 Å². The summed E-state index contributed by atoms with van der Waals surface area (Å²) in [7, 11) is 0. The highest BCUT2D eigenvalue weighted by Crippen LogP contribution is 2.59. The van der Waals surface area contributed by atoms with Gasteiger partial charge in [-0.05, 0) is 54.7 Å². The number of aromatic nitrogens is 2. The molecule has 1 aromatic carbocycles. The van der Waals surface area contributed by atoms with E-state index < -0.39 is 0 Å². The average molecular weight is 279 g/mol. The first-order chi connectivity index (χ1) is 10.4. The molecule has 1 fully saturated rings. The molecule has 0 radical (unpaired) electrons. The minimum Gasteiger partial charge on any atom is -0.312 e. The van der Waals surface area contributed by atoms with Gasteiger partial charge in [-0.25, -0.2) is 9.97 Å². The number of fused-ring (bicyclic) bond motifs is 2. The predicted octanol–water partition coefficient (Wildman–Crippen LogP) is 2.86. The van der Waals surface area contributed by atoms with Crippen molar-refractivity contribution in [2.75, 3.05) is 6.54 Å². The normalized spacial score (nSPS) is 26.6. The van der Waals surface area contributed by atoms with Crippen LogP contribution in [0.25, 0.3) is 0 Å². The summed E-state index contributed by atoms with van der Waals surface area (Å²) in [6.07, 6.45) is 10.7. The number of hydrogen-bond acceptors (Lipinski definition) is 3. The Hall–Kier alpha value is -1.74. The molecule has 3 nitrogen and oxygen atoms in total. The largest absolute Gasteiger partial charge is 0.312 e. The smallest absolute Gasteiger partial charge is 0.115 e. The van der Waals surface area contributed by atoms with Gasteiger partial charge in [-0.2, -0.15) is 0 Å². The molecule has 21 heavy (non-hydrogen) atoms. The fourth-order valence-corrected chi connectivity index (χ4v) is 4.05. The van der Waals surface area contributed by atoms with Crippen LogP contribution in [0.5, 0.6) is 0 Å². The van der Waals surface area contributed by atoms with E-state index in [2.05, 4.69) is 39.6 Å². The molecule has 0 unspecified atom stereocenters. The molecule has 1 heterocycles. The third-order valence-electron chi connectivity index (χ3n) is 5.19. The van der Waals surface area contributed by atoms with E-state index in [-0.39, 0.29) is 0 Å². The summed E-state index contributed by atoms with van der Waals surface area (Å²) in [4.78, 5) is 8.12. The molecule has 0 saturated heterocycles. The van der Waals surface area contributed by atoms with Crippen LogP contribution in [0.15, 0.2) is 43.0 Å². The van der Waals surface area contributed by atoms with Gasteiger partial charge in [0, 0.05) is 24.5 Å². The van der Waals surface area contributed by atoms with E-state index >= 15 is 0 Å². The van der Waals surface area contributed by atoms with Gasteiger partial charge in [0.25, 0.3) is 0 Å². The summed E-state index contributed by atoms with van der Waals surface area (Å²) in [5.41, 5.74) is 4.86. The van der Waals surface area contributed by atoms with Gasteiger partial charge in [-0.15, -0.1) is 0 Å². The molecule has 1 N–H and O–H groups in total. The molecule has 2 aliphatic rings. The van der Waals surface area contributed by atoms with E-state index in [0.717, 1.165) is 24.6 Å². The lowest BCUT2D eigenvalue weighted by molar-refractivity contribution is 0.478. The van der Waals surface area contributed by atoms with Gasteiger partial charge in [0.05, 0.1) is 0 Å². The van der Waals surface area contributed by atoms with Crippen LogP contribution in [-0.4, -0.2) is 16.5 Å². The topological polar surface area (TPSA) is 37.8 Å². The highest BCUT2D eigenvalue weighted by Gasteiger charge is 2.55. The summed E-state index contributed by atoms with van der Waals surface area (Å²) < 4.78 is 0. The maximum Gasteiger partial charge on any atom is 0.115 e. The van der Waals surface area contributed by atoms with Gasteiger partial charge >= 0.3 is 0 Å². The highest BCUT2D eigenvalue weighted by atomic mass is 14.9. The van der Waals surface area contributed by atoms with Gasteiger partial charge in [0.1, 0.15) is 6.33 Å². The molecule has 4 rings (SSSR count). The summed E-state index contributed by atoms with van der Waals surface area (Å²) in [6, 6.07) is 9.07. The number of rotatable bonds is 4. The fraction of sp³-hybridized carbons (Fsp3) is 0.444. The number of nitrogens with zero attached hydrogens (tertiary/aromatic N) is 2. The van der Waals surface area contributed by atoms with Crippen LogP contribution in [0, 0.1) is 5.92 Å². The highest BCUT2D eigenvalue weighted by molar-refractivity contribution is 5.42. The summed E-state index contributed by atoms with van der Waals surface area (Å²) >= 11 is 0. The molecule has 3 heteroatoms. The van der Waals surface area contributed by atoms with E-state index in [1.54, 1.807) is 17.5 Å². The number of aryl methyl sites for hydroxylation is 1. The molecule has 2 aromatic rings. The molecule has 1 spiro atoms. The minimum atomic E-state index is 0.481. The summed E-state index contributed by atoms with van der Waals surface area (Å²) in [5, 5.41) is 3.59. The van der Waals surface area contributed by atoms with E-state index in [9.17, 15) is 0 Å². The zero-order chi connectivity index (χ0) is 14.1. The van der Waals surface area contributed by atoms with Crippen LogP contribution in [-0.2, 0) is 18.4 Å². The lowest BCUT2D eigenvalue weighted by atomic mass is 9.78. The first kappa shape index (κ1) is 13.0. The third kappa shape index (κ3) is 2.36. The molecule has 1 aromatic heterocycles. The zero-order valence-corrected chi connectivity index (χ0v) is 12.3. The molecule has 2 atom stereocenters. The van der Waals surface area contributed by atoms with Crippen LogP contribution < -0.4 is 5.32 Å². The maximum atomic E-state index is 4.06. The first-order valence-corrected chi connectivity index (χ1v) is 7.91. The quantitative estimate of drug-likeness (QED) is 0.935. The summed E-state index contributed by atoms with van der Waals surface area (Å²) in [6.45, 7) is 1.97. The monoisotopic (exact) mass is 279 g/mol. The molecule has 108 valence electrons. The van der Waals surface area contributed by atoms with Crippen molar-refractivity contribution in [2.24, 2.45) is 5.92 Å². The SMILES string of the molecule is c1ccc2c(c1)CCC[C@]21C[C@H]1CNCc1cncnc1. The van der Waals surface area contributed by atoms with Gasteiger partial charge in [-0.3, -0.25) is 0 Å². The van der Waals surface area contributed by atoms with Gasteiger partial charge in [0.15, 0.2) is 0 Å². The Bertz CT molecular complexity index is 625. The van der Waals surface area contributed by atoms with E-state index in [1.807, 2.05) is 12.4 Å². The molecule has 0 amide bonds. The summed E-state index contributed by atoms with van der Waals surface area (Å²) in [5.74, 6) is 0.795. The van der Waals surface area contributed by atoms with Crippen molar-refractivity contribution in [1.82, 2.24) is 15.3 Å². The standard InChI is InChI=1S/C18H21N3/c1-2-6-17-15(4-1)5-3-7-18(17)8-16(18)12-19-9-14-10-20-13-21-11-14/h1-2,4,6,10-11,13,16,19H,3,5,7-9,12H2/t16-,18+/m0/s1.